The smallest absolute Gasteiger partial charge is 0.239 e. The van der Waals surface area contributed by atoms with Crippen LogP contribution in [0.4, 0.5) is 0 Å². The molecule has 2 N–H and O–H groups in total. The summed E-state index contributed by atoms with van der Waals surface area (Å²) in [5.41, 5.74) is 0. The van der Waals surface area contributed by atoms with Gasteiger partial charge in [0.1, 0.15) is 0 Å². The Kier molecular flexibility index (Phi) is 5.97. The lowest BCUT2D eigenvalue weighted by molar-refractivity contribution is -0.136. The molecule has 0 spiro atoms. The summed E-state index contributed by atoms with van der Waals surface area (Å²) in [5.74, 6) is 0.450. The number of hydrogen-bond donors (Lipinski definition) is 2. The average Bonchev–Trinajstić information content (AvgIpc) is 2.78. The van der Waals surface area contributed by atoms with Crippen LogP contribution in [0.3, 0.4) is 0 Å². The summed E-state index contributed by atoms with van der Waals surface area (Å²) < 4.78 is 0. The van der Waals surface area contributed by atoms with Gasteiger partial charge in [-0.15, -0.1) is 0 Å². The Labute approximate surface area is 103 Å². The molecule has 5 heteroatoms. The first-order chi connectivity index (χ1) is 8.17. The molecule has 0 aliphatic carbocycles. The highest BCUT2D eigenvalue weighted by Gasteiger charge is 2.22. The van der Waals surface area contributed by atoms with Crippen LogP contribution in [-0.2, 0) is 9.59 Å². The lowest BCUT2D eigenvalue weighted by atomic mass is 10.0. The van der Waals surface area contributed by atoms with Crippen LogP contribution in [-0.4, -0.2) is 49.4 Å². The van der Waals surface area contributed by atoms with Crippen LogP contribution in [0, 0.1) is 5.92 Å². The van der Waals surface area contributed by atoms with Gasteiger partial charge in [-0.1, -0.05) is 0 Å². The number of carbonyl (C=O) groups is 2. The minimum absolute atomic E-state index is 0.0766. The van der Waals surface area contributed by atoms with Crippen LogP contribution in [0.25, 0.3) is 0 Å². The first-order valence-electron chi connectivity index (χ1n) is 6.42. The molecular weight excluding hydrogens is 218 g/mol. The van der Waals surface area contributed by atoms with E-state index in [1.807, 2.05) is 13.8 Å². The van der Waals surface area contributed by atoms with Crippen molar-refractivity contribution in [1.29, 1.82) is 0 Å². The molecule has 0 aromatic heterocycles. The van der Waals surface area contributed by atoms with Gasteiger partial charge in [-0.2, -0.15) is 0 Å². The molecule has 98 valence electrons. The quantitative estimate of drug-likeness (QED) is 0.686. The Balaban J connectivity index is 2.37. The molecular formula is C12H23N3O2. The third-order valence-corrected chi connectivity index (χ3v) is 3.07. The van der Waals surface area contributed by atoms with Crippen molar-refractivity contribution in [2.75, 3.05) is 32.7 Å². The maximum atomic E-state index is 12.0. The van der Waals surface area contributed by atoms with Gasteiger partial charge in [0.05, 0.1) is 6.54 Å². The van der Waals surface area contributed by atoms with Crippen molar-refractivity contribution in [1.82, 2.24) is 15.5 Å². The monoisotopic (exact) mass is 241 g/mol. The number of nitrogens with zero attached hydrogens (tertiary/aromatic N) is 1. The highest BCUT2D eigenvalue weighted by Crippen LogP contribution is 2.13. The minimum Gasteiger partial charge on any atom is -0.355 e. The van der Waals surface area contributed by atoms with E-state index in [-0.39, 0.29) is 18.4 Å². The Morgan fingerprint density at radius 3 is 2.71 bits per heavy atom. The van der Waals surface area contributed by atoms with Gasteiger partial charge in [0, 0.05) is 19.5 Å². The maximum Gasteiger partial charge on any atom is 0.239 e. The number of nitrogens with one attached hydrogen (secondary N) is 2. The van der Waals surface area contributed by atoms with Crippen molar-refractivity contribution in [2.45, 2.75) is 26.7 Å². The summed E-state index contributed by atoms with van der Waals surface area (Å²) in [6, 6.07) is 0. The van der Waals surface area contributed by atoms with Gasteiger partial charge in [-0.05, 0) is 39.3 Å². The SMILES string of the molecule is CCNC(=O)CN(CC)C(=O)CC1CCNC1. The number of rotatable bonds is 6. The van der Waals surface area contributed by atoms with Gasteiger partial charge in [-0.3, -0.25) is 9.59 Å². The van der Waals surface area contributed by atoms with Crippen LogP contribution in [0.1, 0.15) is 26.7 Å². The van der Waals surface area contributed by atoms with Gasteiger partial charge >= 0.3 is 0 Å². The van der Waals surface area contributed by atoms with Gasteiger partial charge in [0.2, 0.25) is 11.8 Å². The molecule has 1 fully saturated rings. The molecule has 5 nitrogen and oxygen atoms in total. The average molecular weight is 241 g/mol. The Morgan fingerprint density at radius 1 is 1.41 bits per heavy atom. The zero-order valence-electron chi connectivity index (χ0n) is 10.8. The van der Waals surface area contributed by atoms with Crippen LogP contribution < -0.4 is 10.6 Å². The number of hydrogen-bond acceptors (Lipinski definition) is 3. The molecule has 0 radical (unpaired) electrons. The summed E-state index contributed by atoms with van der Waals surface area (Å²) >= 11 is 0. The van der Waals surface area contributed by atoms with E-state index in [2.05, 4.69) is 10.6 Å². The molecule has 0 saturated carbocycles. The molecule has 1 saturated heterocycles. The second-order valence-electron chi connectivity index (χ2n) is 4.42. The first kappa shape index (κ1) is 14.0. The second kappa shape index (κ2) is 7.27. The Hall–Kier alpha value is -1.10. The van der Waals surface area contributed by atoms with Gasteiger partial charge < -0.3 is 15.5 Å². The van der Waals surface area contributed by atoms with Gasteiger partial charge in [0.15, 0.2) is 0 Å². The lowest BCUT2D eigenvalue weighted by Gasteiger charge is -2.21. The first-order valence-corrected chi connectivity index (χ1v) is 6.42. The van der Waals surface area contributed by atoms with Crippen LogP contribution in [0.15, 0.2) is 0 Å². The van der Waals surface area contributed by atoms with Crippen molar-refractivity contribution in [2.24, 2.45) is 5.92 Å². The highest BCUT2D eigenvalue weighted by molar-refractivity contribution is 5.84. The third-order valence-electron chi connectivity index (χ3n) is 3.07. The molecule has 17 heavy (non-hydrogen) atoms. The lowest BCUT2D eigenvalue weighted by Crippen LogP contribution is -2.41. The topological polar surface area (TPSA) is 61.4 Å². The van der Waals surface area contributed by atoms with Gasteiger partial charge in [-0.25, -0.2) is 0 Å². The van der Waals surface area contributed by atoms with E-state index in [0.717, 1.165) is 19.5 Å². The molecule has 1 heterocycles. The summed E-state index contributed by atoms with van der Waals surface area (Å²) in [6.07, 6.45) is 1.62. The molecule has 1 atom stereocenters. The highest BCUT2D eigenvalue weighted by atomic mass is 16.2. The number of amides is 2. The fourth-order valence-corrected chi connectivity index (χ4v) is 2.07. The number of likely N-dealkylation sites (N-methyl/N-ethyl adjacent to an activating group) is 2. The molecule has 1 rings (SSSR count). The Bertz CT molecular complexity index is 262. The normalized spacial score (nSPS) is 19.1. The largest absolute Gasteiger partial charge is 0.355 e. The summed E-state index contributed by atoms with van der Waals surface area (Å²) in [6.45, 7) is 7.09. The summed E-state index contributed by atoms with van der Waals surface area (Å²) in [5, 5.41) is 5.96. The fourth-order valence-electron chi connectivity index (χ4n) is 2.07. The summed E-state index contributed by atoms with van der Waals surface area (Å²) in [4.78, 5) is 25.1. The molecule has 0 aromatic rings. The van der Waals surface area contributed by atoms with E-state index < -0.39 is 0 Å². The third kappa shape index (κ3) is 4.73. The van der Waals surface area contributed by atoms with Gasteiger partial charge in [0.25, 0.3) is 0 Å². The number of carbonyl (C=O) groups excluding carboxylic acids is 2. The zero-order valence-corrected chi connectivity index (χ0v) is 10.8. The molecule has 1 unspecified atom stereocenters. The van der Waals surface area contributed by atoms with Crippen molar-refractivity contribution in [3.05, 3.63) is 0 Å². The van der Waals surface area contributed by atoms with Crippen LogP contribution >= 0.6 is 0 Å². The standard InChI is InChI=1S/C12H23N3O2/c1-3-14-11(16)9-15(4-2)12(17)7-10-5-6-13-8-10/h10,13H,3-9H2,1-2H3,(H,14,16). The van der Waals surface area contributed by atoms with E-state index in [1.54, 1.807) is 4.90 Å². The zero-order chi connectivity index (χ0) is 12.7. The van der Waals surface area contributed by atoms with E-state index in [0.29, 0.717) is 25.4 Å². The van der Waals surface area contributed by atoms with Crippen LogP contribution in [0.2, 0.25) is 0 Å². The molecule has 1 aliphatic rings. The van der Waals surface area contributed by atoms with Crippen molar-refractivity contribution in [3.63, 3.8) is 0 Å². The Morgan fingerprint density at radius 2 is 2.18 bits per heavy atom. The van der Waals surface area contributed by atoms with E-state index in [1.165, 1.54) is 0 Å². The second-order valence-corrected chi connectivity index (χ2v) is 4.42. The van der Waals surface area contributed by atoms with Crippen LogP contribution in [0.5, 0.6) is 0 Å². The molecule has 0 aromatic carbocycles. The van der Waals surface area contributed by atoms with E-state index >= 15 is 0 Å². The molecule has 1 aliphatic heterocycles. The molecule has 0 bridgehead atoms. The van der Waals surface area contributed by atoms with Crippen molar-refractivity contribution >= 4 is 11.8 Å². The van der Waals surface area contributed by atoms with Crippen molar-refractivity contribution < 1.29 is 9.59 Å². The van der Waals surface area contributed by atoms with E-state index in [9.17, 15) is 9.59 Å². The predicted molar refractivity (Wildman–Crippen MR) is 66.5 cm³/mol. The fraction of sp³-hybridized carbons (Fsp3) is 0.833. The van der Waals surface area contributed by atoms with Crippen molar-refractivity contribution in [3.8, 4) is 0 Å². The molecule has 2 amide bonds. The minimum atomic E-state index is -0.0766. The summed E-state index contributed by atoms with van der Waals surface area (Å²) in [7, 11) is 0. The predicted octanol–water partition coefficient (Wildman–Crippen LogP) is -0.0294. The van der Waals surface area contributed by atoms with E-state index in [4.69, 9.17) is 0 Å². The maximum absolute atomic E-state index is 12.0.